The van der Waals surface area contributed by atoms with Gasteiger partial charge in [0.1, 0.15) is 0 Å². The zero-order valence-corrected chi connectivity index (χ0v) is 18.0. The third kappa shape index (κ3) is 4.51. The molecular weight excluding hydrogens is 444 g/mol. The van der Waals surface area contributed by atoms with Gasteiger partial charge in [0.05, 0.1) is 16.2 Å². The second-order valence-electron chi connectivity index (χ2n) is 7.08. The molecule has 1 N–H and O–H groups in total. The monoisotopic (exact) mass is 463 g/mol. The molecule has 10 heteroatoms. The van der Waals surface area contributed by atoms with E-state index in [0.717, 1.165) is 42.7 Å². The lowest BCUT2D eigenvalue weighted by atomic mass is 10.2. The van der Waals surface area contributed by atoms with Crippen LogP contribution in [0.25, 0.3) is 11.3 Å². The third-order valence-electron chi connectivity index (χ3n) is 5.00. The predicted octanol–water partition coefficient (Wildman–Crippen LogP) is 4.52. The minimum atomic E-state index is -3.80. The van der Waals surface area contributed by atoms with E-state index < -0.39 is 27.6 Å². The fraction of sp³-hybridized carbons (Fsp3) is 0.238. The summed E-state index contributed by atoms with van der Waals surface area (Å²) in [6.07, 6.45) is 2.57. The maximum Gasteiger partial charge on any atom is 0.258 e. The van der Waals surface area contributed by atoms with Gasteiger partial charge in [0.15, 0.2) is 16.8 Å². The molecular formula is C21H19F2N3O3S2. The number of anilines is 1. The summed E-state index contributed by atoms with van der Waals surface area (Å²) in [6, 6.07) is 9.47. The number of hydrogen-bond donors (Lipinski definition) is 1. The standard InChI is InChI=1S/C21H19F2N3O3S2/c22-16-9-8-14(12-17(16)23)18-13-30-21(24-18)25-20(27)15-6-2-3-7-19(15)31(28,29)26-10-4-1-5-11-26/h2-3,6-9,12-13H,1,4-5,10-11H2,(H,24,25,27). The Morgan fingerprint density at radius 3 is 2.52 bits per heavy atom. The lowest BCUT2D eigenvalue weighted by Gasteiger charge is -2.26. The van der Waals surface area contributed by atoms with Crippen LogP contribution in [-0.2, 0) is 10.0 Å². The van der Waals surface area contributed by atoms with Gasteiger partial charge < -0.3 is 0 Å². The Morgan fingerprint density at radius 2 is 1.77 bits per heavy atom. The first kappa shape index (κ1) is 21.5. The van der Waals surface area contributed by atoms with E-state index in [-0.39, 0.29) is 15.6 Å². The fourth-order valence-electron chi connectivity index (χ4n) is 3.41. The van der Waals surface area contributed by atoms with Gasteiger partial charge in [-0.05, 0) is 43.2 Å². The predicted molar refractivity (Wildman–Crippen MR) is 114 cm³/mol. The SMILES string of the molecule is O=C(Nc1nc(-c2ccc(F)c(F)c2)cs1)c1ccccc1S(=O)(=O)N1CCCCC1. The Bertz CT molecular complexity index is 1220. The van der Waals surface area contributed by atoms with Gasteiger partial charge in [-0.1, -0.05) is 18.6 Å². The number of thiazole rings is 1. The highest BCUT2D eigenvalue weighted by molar-refractivity contribution is 7.89. The first-order valence-corrected chi connectivity index (χ1v) is 12.0. The number of nitrogens with zero attached hydrogens (tertiary/aromatic N) is 2. The van der Waals surface area contributed by atoms with Crippen LogP contribution in [0, 0.1) is 11.6 Å². The average Bonchev–Trinajstić information content (AvgIpc) is 3.24. The molecule has 0 unspecified atom stereocenters. The molecule has 0 aliphatic carbocycles. The molecule has 0 spiro atoms. The number of amides is 1. The number of carbonyl (C=O) groups is 1. The number of nitrogens with one attached hydrogen (secondary N) is 1. The van der Waals surface area contributed by atoms with Gasteiger partial charge in [-0.15, -0.1) is 11.3 Å². The van der Waals surface area contributed by atoms with Crippen LogP contribution in [0.4, 0.5) is 13.9 Å². The molecule has 6 nitrogen and oxygen atoms in total. The van der Waals surface area contributed by atoms with Gasteiger partial charge in [-0.3, -0.25) is 10.1 Å². The fourth-order valence-corrected chi connectivity index (χ4v) is 5.83. The molecule has 1 aliphatic rings. The number of benzene rings is 2. The molecule has 0 atom stereocenters. The zero-order valence-electron chi connectivity index (χ0n) is 16.3. The number of carbonyl (C=O) groups excluding carboxylic acids is 1. The van der Waals surface area contributed by atoms with Crippen LogP contribution in [0.1, 0.15) is 29.6 Å². The summed E-state index contributed by atoms with van der Waals surface area (Å²) in [5, 5.41) is 4.42. The third-order valence-corrected chi connectivity index (χ3v) is 7.72. The van der Waals surface area contributed by atoms with Crippen molar-refractivity contribution in [3.05, 3.63) is 65.0 Å². The summed E-state index contributed by atoms with van der Waals surface area (Å²) in [5.41, 5.74) is 0.759. The zero-order chi connectivity index (χ0) is 22.0. The minimum absolute atomic E-state index is 0.0256. The molecule has 2 aromatic carbocycles. The number of rotatable bonds is 5. The van der Waals surface area contributed by atoms with Gasteiger partial charge in [0, 0.05) is 24.0 Å². The van der Waals surface area contributed by atoms with E-state index in [1.165, 1.54) is 22.5 Å². The van der Waals surface area contributed by atoms with E-state index >= 15 is 0 Å². The minimum Gasteiger partial charge on any atom is -0.298 e. The first-order chi connectivity index (χ1) is 14.9. The Balaban J connectivity index is 1.57. The first-order valence-electron chi connectivity index (χ1n) is 9.68. The van der Waals surface area contributed by atoms with Crippen molar-refractivity contribution in [1.29, 1.82) is 0 Å². The smallest absolute Gasteiger partial charge is 0.258 e. The Kier molecular flexibility index (Phi) is 6.12. The molecule has 4 rings (SSSR count). The van der Waals surface area contributed by atoms with Crippen molar-refractivity contribution < 1.29 is 22.0 Å². The van der Waals surface area contributed by atoms with Crippen molar-refractivity contribution in [2.75, 3.05) is 18.4 Å². The maximum atomic E-state index is 13.5. The van der Waals surface area contributed by atoms with Gasteiger partial charge in [-0.25, -0.2) is 22.2 Å². The highest BCUT2D eigenvalue weighted by Gasteiger charge is 2.30. The largest absolute Gasteiger partial charge is 0.298 e. The van der Waals surface area contributed by atoms with Crippen molar-refractivity contribution in [3.8, 4) is 11.3 Å². The molecule has 162 valence electrons. The lowest BCUT2D eigenvalue weighted by molar-refractivity contribution is 0.102. The van der Waals surface area contributed by atoms with Crippen LogP contribution in [0.3, 0.4) is 0 Å². The van der Waals surface area contributed by atoms with Crippen molar-refractivity contribution in [1.82, 2.24) is 9.29 Å². The van der Waals surface area contributed by atoms with E-state index in [9.17, 15) is 22.0 Å². The maximum absolute atomic E-state index is 13.5. The van der Waals surface area contributed by atoms with E-state index in [4.69, 9.17) is 0 Å². The number of halogens is 2. The molecule has 2 heterocycles. The normalized spacial score (nSPS) is 15.0. The topological polar surface area (TPSA) is 79.4 Å². The van der Waals surface area contributed by atoms with Crippen molar-refractivity contribution >= 4 is 32.4 Å². The average molecular weight is 464 g/mol. The van der Waals surface area contributed by atoms with E-state index in [1.54, 1.807) is 17.5 Å². The molecule has 1 aliphatic heterocycles. The number of aromatic nitrogens is 1. The Labute approximate surface area is 182 Å². The number of piperidine rings is 1. The summed E-state index contributed by atoms with van der Waals surface area (Å²) in [6.45, 7) is 0.866. The van der Waals surface area contributed by atoms with Gasteiger partial charge in [0.2, 0.25) is 10.0 Å². The molecule has 1 saturated heterocycles. The summed E-state index contributed by atoms with van der Waals surface area (Å²) in [5.74, 6) is -2.56. The van der Waals surface area contributed by atoms with Crippen molar-refractivity contribution in [2.24, 2.45) is 0 Å². The van der Waals surface area contributed by atoms with Crippen molar-refractivity contribution in [2.45, 2.75) is 24.2 Å². The van der Waals surface area contributed by atoms with E-state index in [0.29, 0.717) is 24.3 Å². The van der Waals surface area contributed by atoms with Crippen LogP contribution in [0.2, 0.25) is 0 Å². The molecule has 1 fully saturated rings. The molecule has 0 bridgehead atoms. The van der Waals surface area contributed by atoms with Crippen LogP contribution < -0.4 is 5.32 Å². The second kappa shape index (κ2) is 8.81. The Hall–Kier alpha value is -2.69. The Morgan fingerprint density at radius 1 is 1.03 bits per heavy atom. The van der Waals surface area contributed by atoms with Gasteiger partial charge in [-0.2, -0.15) is 4.31 Å². The summed E-state index contributed by atoms with van der Waals surface area (Å²) in [7, 11) is -3.80. The second-order valence-corrected chi connectivity index (χ2v) is 9.85. The molecule has 31 heavy (non-hydrogen) atoms. The molecule has 0 saturated carbocycles. The van der Waals surface area contributed by atoms with Crippen LogP contribution in [0.5, 0.6) is 0 Å². The lowest BCUT2D eigenvalue weighted by Crippen LogP contribution is -2.36. The number of sulfonamides is 1. The van der Waals surface area contributed by atoms with Crippen LogP contribution in [-0.4, -0.2) is 36.7 Å². The van der Waals surface area contributed by atoms with E-state index in [1.807, 2.05) is 0 Å². The molecule has 3 aromatic rings. The summed E-state index contributed by atoms with van der Waals surface area (Å²) < 4.78 is 54.2. The number of hydrogen-bond acceptors (Lipinski definition) is 5. The van der Waals surface area contributed by atoms with E-state index in [2.05, 4.69) is 10.3 Å². The molecule has 1 aromatic heterocycles. The van der Waals surface area contributed by atoms with Crippen LogP contribution >= 0.6 is 11.3 Å². The highest BCUT2D eigenvalue weighted by atomic mass is 32.2. The molecule has 0 radical (unpaired) electrons. The van der Waals surface area contributed by atoms with Gasteiger partial charge in [0.25, 0.3) is 5.91 Å². The van der Waals surface area contributed by atoms with Crippen molar-refractivity contribution in [3.63, 3.8) is 0 Å². The summed E-state index contributed by atoms with van der Waals surface area (Å²) >= 11 is 1.10. The summed E-state index contributed by atoms with van der Waals surface area (Å²) in [4.78, 5) is 17.1. The van der Waals surface area contributed by atoms with Gasteiger partial charge >= 0.3 is 0 Å². The van der Waals surface area contributed by atoms with Crippen LogP contribution in [0.15, 0.2) is 52.7 Å². The quantitative estimate of drug-likeness (QED) is 0.604. The highest BCUT2D eigenvalue weighted by Crippen LogP contribution is 2.28. The molecule has 1 amide bonds.